The van der Waals surface area contributed by atoms with Gasteiger partial charge in [-0.2, -0.15) is 0 Å². The minimum absolute atomic E-state index is 0.0111. The summed E-state index contributed by atoms with van der Waals surface area (Å²) in [5.74, 6) is -0.175. The molecule has 2 fully saturated rings. The first-order chi connectivity index (χ1) is 13.1. The molecular formula is C22H28FNO2S. The number of benzene rings is 1. The molecule has 5 heteroatoms. The molecular weight excluding hydrogens is 361 g/mol. The molecule has 1 aromatic heterocycles. The highest BCUT2D eigenvalue weighted by Crippen LogP contribution is 2.46. The largest absolute Gasteiger partial charge is 0.378 e. The van der Waals surface area contributed by atoms with E-state index in [2.05, 4.69) is 23.7 Å². The van der Waals surface area contributed by atoms with Crippen LogP contribution >= 0.6 is 11.3 Å². The Hall–Kier alpha value is -1.27. The maximum Gasteiger partial charge on any atom is 0.123 e. The van der Waals surface area contributed by atoms with Crippen molar-refractivity contribution >= 4 is 11.3 Å². The van der Waals surface area contributed by atoms with Crippen molar-refractivity contribution in [1.29, 1.82) is 0 Å². The van der Waals surface area contributed by atoms with Crippen LogP contribution in [0.3, 0.4) is 0 Å². The molecule has 1 N–H and O–H groups in total. The van der Waals surface area contributed by atoms with Crippen LogP contribution in [0.15, 0.2) is 35.7 Å². The molecule has 2 aromatic rings. The molecule has 2 unspecified atom stereocenters. The van der Waals surface area contributed by atoms with Crippen molar-refractivity contribution < 1.29 is 13.9 Å². The minimum atomic E-state index is -0.175. The maximum atomic E-state index is 13.5. The van der Waals surface area contributed by atoms with Gasteiger partial charge in [0.2, 0.25) is 0 Å². The minimum Gasteiger partial charge on any atom is -0.378 e. The fourth-order valence-corrected chi connectivity index (χ4v) is 5.46. The molecule has 0 amide bonds. The summed E-state index contributed by atoms with van der Waals surface area (Å²) >= 11 is 1.81. The van der Waals surface area contributed by atoms with Gasteiger partial charge in [0.05, 0.1) is 12.2 Å². The molecule has 1 aromatic carbocycles. The number of hydrogen-bond acceptors (Lipinski definition) is 4. The second-order valence-electron chi connectivity index (χ2n) is 8.00. The van der Waals surface area contributed by atoms with E-state index in [4.69, 9.17) is 9.47 Å². The van der Waals surface area contributed by atoms with Crippen molar-refractivity contribution in [2.45, 2.75) is 50.2 Å². The van der Waals surface area contributed by atoms with E-state index < -0.39 is 0 Å². The summed E-state index contributed by atoms with van der Waals surface area (Å²) in [6.45, 7) is 6.20. The Bertz CT molecular complexity index is 754. The van der Waals surface area contributed by atoms with Gasteiger partial charge in [0.25, 0.3) is 0 Å². The van der Waals surface area contributed by atoms with Crippen molar-refractivity contribution in [3.05, 3.63) is 57.5 Å². The Kier molecular flexibility index (Phi) is 5.65. The maximum absolute atomic E-state index is 13.5. The molecule has 0 bridgehead atoms. The van der Waals surface area contributed by atoms with Crippen LogP contribution in [0.1, 0.15) is 41.7 Å². The molecule has 2 aliphatic rings. The molecule has 3 nitrogen and oxygen atoms in total. The van der Waals surface area contributed by atoms with E-state index in [9.17, 15) is 4.39 Å². The van der Waals surface area contributed by atoms with Crippen molar-refractivity contribution in [2.24, 2.45) is 0 Å². The third-order valence-corrected chi connectivity index (χ3v) is 7.23. The molecule has 1 spiro atoms. The Labute approximate surface area is 164 Å². The highest BCUT2D eigenvalue weighted by atomic mass is 32.1. The lowest BCUT2D eigenvalue weighted by Gasteiger charge is -2.46. The summed E-state index contributed by atoms with van der Waals surface area (Å²) in [5.41, 5.74) is 2.43. The fourth-order valence-electron chi connectivity index (χ4n) is 4.58. The van der Waals surface area contributed by atoms with Gasteiger partial charge in [-0.1, -0.05) is 12.1 Å². The first kappa shape index (κ1) is 19.1. The van der Waals surface area contributed by atoms with Gasteiger partial charge in [0, 0.05) is 36.5 Å². The van der Waals surface area contributed by atoms with Gasteiger partial charge < -0.3 is 14.8 Å². The standard InChI is InChI=1S/C22H28FNO2S/c1-17-6-13-27-20(17)14-24-10-7-21(18-2-4-19(23)5-3-18)8-12-26-22(15-21)9-11-25-16-22/h2-6,13,24H,7-12,14-16H2,1H3. The van der Waals surface area contributed by atoms with E-state index in [1.807, 2.05) is 23.5 Å². The Morgan fingerprint density at radius 3 is 2.70 bits per heavy atom. The van der Waals surface area contributed by atoms with Crippen LogP contribution in [0.2, 0.25) is 0 Å². The number of hydrogen-bond donors (Lipinski definition) is 1. The number of nitrogens with one attached hydrogen (secondary N) is 1. The van der Waals surface area contributed by atoms with Gasteiger partial charge >= 0.3 is 0 Å². The molecule has 0 aliphatic carbocycles. The average molecular weight is 390 g/mol. The van der Waals surface area contributed by atoms with Crippen molar-refractivity contribution in [3.63, 3.8) is 0 Å². The van der Waals surface area contributed by atoms with Crippen LogP contribution in [0.4, 0.5) is 4.39 Å². The molecule has 4 rings (SSSR count). The van der Waals surface area contributed by atoms with Crippen LogP contribution in [0.5, 0.6) is 0 Å². The summed E-state index contributed by atoms with van der Waals surface area (Å²) in [5, 5.41) is 5.77. The second kappa shape index (κ2) is 8.00. The zero-order valence-electron chi connectivity index (χ0n) is 15.9. The lowest BCUT2D eigenvalue weighted by atomic mass is 9.66. The number of halogens is 1. The Morgan fingerprint density at radius 1 is 1.15 bits per heavy atom. The van der Waals surface area contributed by atoms with Crippen LogP contribution in [0, 0.1) is 12.7 Å². The van der Waals surface area contributed by atoms with Crippen molar-refractivity contribution in [1.82, 2.24) is 5.32 Å². The SMILES string of the molecule is Cc1ccsc1CNCCC1(c2ccc(F)cc2)CCOC2(CCOC2)C1. The van der Waals surface area contributed by atoms with Gasteiger partial charge in [0.15, 0.2) is 0 Å². The van der Waals surface area contributed by atoms with Gasteiger partial charge in [-0.25, -0.2) is 4.39 Å². The first-order valence-corrected chi connectivity index (χ1v) is 10.7. The molecule has 146 valence electrons. The molecule has 3 heterocycles. The van der Waals surface area contributed by atoms with Gasteiger partial charge in [0.1, 0.15) is 5.82 Å². The summed E-state index contributed by atoms with van der Waals surface area (Å²) in [7, 11) is 0. The van der Waals surface area contributed by atoms with Crippen LogP contribution in [-0.2, 0) is 21.4 Å². The summed E-state index contributed by atoms with van der Waals surface area (Å²) < 4.78 is 25.4. The topological polar surface area (TPSA) is 30.5 Å². The molecule has 2 atom stereocenters. The highest BCUT2D eigenvalue weighted by Gasteiger charge is 2.48. The monoisotopic (exact) mass is 389 g/mol. The summed E-state index contributed by atoms with van der Waals surface area (Å²) in [4.78, 5) is 1.40. The average Bonchev–Trinajstić information content (AvgIpc) is 3.28. The molecule has 0 saturated carbocycles. The van der Waals surface area contributed by atoms with E-state index in [-0.39, 0.29) is 16.8 Å². The molecule has 27 heavy (non-hydrogen) atoms. The lowest BCUT2D eigenvalue weighted by molar-refractivity contribution is -0.108. The lowest BCUT2D eigenvalue weighted by Crippen LogP contribution is -2.49. The number of thiophene rings is 1. The van der Waals surface area contributed by atoms with Gasteiger partial charge in [-0.3, -0.25) is 0 Å². The Balaban J connectivity index is 1.49. The predicted molar refractivity (Wildman–Crippen MR) is 107 cm³/mol. The van der Waals surface area contributed by atoms with Crippen LogP contribution < -0.4 is 5.32 Å². The van der Waals surface area contributed by atoms with E-state index in [1.165, 1.54) is 16.0 Å². The van der Waals surface area contributed by atoms with E-state index >= 15 is 0 Å². The predicted octanol–water partition coefficient (Wildman–Crippen LogP) is 4.58. The molecule has 2 aliphatic heterocycles. The number of ether oxygens (including phenoxy) is 2. The normalized spacial score (nSPS) is 28.1. The summed E-state index contributed by atoms with van der Waals surface area (Å²) in [6, 6.07) is 9.28. The third-order valence-electron chi connectivity index (χ3n) is 6.21. The quantitative estimate of drug-likeness (QED) is 0.734. The van der Waals surface area contributed by atoms with E-state index in [1.54, 1.807) is 12.1 Å². The zero-order chi connectivity index (χ0) is 18.7. The molecule has 0 radical (unpaired) electrons. The fraction of sp³-hybridized carbons (Fsp3) is 0.545. The number of rotatable bonds is 6. The van der Waals surface area contributed by atoms with E-state index in [0.29, 0.717) is 6.61 Å². The zero-order valence-corrected chi connectivity index (χ0v) is 16.7. The summed E-state index contributed by atoms with van der Waals surface area (Å²) in [6.07, 6.45) is 3.90. The first-order valence-electron chi connectivity index (χ1n) is 9.82. The smallest absolute Gasteiger partial charge is 0.123 e. The van der Waals surface area contributed by atoms with Crippen molar-refractivity contribution in [3.8, 4) is 0 Å². The second-order valence-corrected chi connectivity index (χ2v) is 9.00. The van der Waals surface area contributed by atoms with Crippen LogP contribution in [0.25, 0.3) is 0 Å². The highest BCUT2D eigenvalue weighted by molar-refractivity contribution is 7.10. The van der Waals surface area contributed by atoms with Gasteiger partial charge in [-0.05, 0) is 67.4 Å². The molecule has 2 saturated heterocycles. The van der Waals surface area contributed by atoms with Crippen LogP contribution in [-0.4, -0.2) is 32.0 Å². The number of aryl methyl sites for hydroxylation is 1. The van der Waals surface area contributed by atoms with Gasteiger partial charge in [-0.15, -0.1) is 11.3 Å². The van der Waals surface area contributed by atoms with E-state index in [0.717, 1.165) is 52.0 Å². The third kappa shape index (κ3) is 4.11. The Morgan fingerprint density at radius 2 is 2.00 bits per heavy atom. The van der Waals surface area contributed by atoms with Crippen molar-refractivity contribution in [2.75, 3.05) is 26.4 Å².